The maximum absolute atomic E-state index is 12.2. The van der Waals surface area contributed by atoms with Crippen molar-refractivity contribution in [2.24, 2.45) is 0 Å². The summed E-state index contributed by atoms with van der Waals surface area (Å²) in [7, 11) is 0. The quantitative estimate of drug-likeness (QED) is 0.792. The van der Waals surface area contributed by atoms with Crippen molar-refractivity contribution in [1.29, 1.82) is 0 Å². The number of ether oxygens (including phenoxy) is 1. The van der Waals surface area contributed by atoms with Crippen LogP contribution < -0.4 is 0 Å². The van der Waals surface area contributed by atoms with Gasteiger partial charge in [-0.2, -0.15) is 0 Å². The first-order valence-electron chi connectivity index (χ1n) is 7.85. The molecule has 2 aliphatic rings. The molecule has 1 aliphatic heterocycles. The number of hydrogen-bond acceptors (Lipinski definition) is 3. The van der Waals surface area contributed by atoms with Crippen molar-refractivity contribution in [3.63, 3.8) is 0 Å². The van der Waals surface area contributed by atoms with Gasteiger partial charge in [0.25, 0.3) is 0 Å². The van der Waals surface area contributed by atoms with E-state index < -0.39 is 0 Å². The van der Waals surface area contributed by atoms with Crippen LogP contribution in [0.2, 0.25) is 0 Å². The summed E-state index contributed by atoms with van der Waals surface area (Å²) >= 11 is 0. The summed E-state index contributed by atoms with van der Waals surface area (Å²) in [6.45, 7) is 2.34. The Hall–Kier alpha value is -1.35. The van der Waals surface area contributed by atoms with E-state index in [0.717, 1.165) is 6.42 Å². The zero-order valence-corrected chi connectivity index (χ0v) is 12.0. The predicted molar refractivity (Wildman–Crippen MR) is 78.7 cm³/mol. The van der Waals surface area contributed by atoms with Gasteiger partial charge in [-0.1, -0.05) is 24.6 Å². The SMILES string of the molecule is O=C(O[C@@H]1CCCC[C@H]1N1CCCC1)c1ccccc1. The van der Waals surface area contributed by atoms with Gasteiger partial charge in [-0.05, 0) is 57.3 Å². The third-order valence-electron chi connectivity index (χ3n) is 4.55. The molecule has 0 unspecified atom stereocenters. The minimum absolute atomic E-state index is 0.0783. The highest BCUT2D eigenvalue weighted by atomic mass is 16.5. The number of likely N-dealkylation sites (tertiary alicyclic amines) is 1. The molecule has 1 aromatic rings. The first kappa shape index (κ1) is 13.6. The standard InChI is InChI=1S/C17H23NO2/c19-17(14-8-2-1-3-9-14)20-16-11-5-4-10-15(16)18-12-6-7-13-18/h1-3,8-9,15-16H,4-7,10-13H2/t15-,16-/m1/s1. The molecule has 2 atom stereocenters. The van der Waals surface area contributed by atoms with Gasteiger partial charge in [-0.3, -0.25) is 4.90 Å². The van der Waals surface area contributed by atoms with E-state index in [4.69, 9.17) is 4.74 Å². The van der Waals surface area contributed by atoms with Crippen molar-refractivity contribution in [2.75, 3.05) is 13.1 Å². The molecule has 0 aromatic heterocycles. The van der Waals surface area contributed by atoms with E-state index in [1.807, 2.05) is 30.3 Å². The highest BCUT2D eigenvalue weighted by molar-refractivity contribution is 5.89. The third kappa shape index (κ3) is 3.04. The molecule has 3 rings (SSSR count). The number of hydrogen-bond donors (Lipinski definition) is 0. The topological polar surface area (TPSA) is 29.5 Å². The fraction of sp³-hybridized carbons (Fsp3) is 0.588. The van der Waals surface area contributed by atoms with Crippen LogP contribution in [0.1, 0.15) is 48.9 Å². The lowest BCUT2D eigenvalue weighted by Gasteiger charge is -2.37. The molecule has 2 fully saturated rings. The van der Waals surface area contributed by atoms with Crippen molar-refractivity contribution in [3.05, 3.63) is 35.9 Å². The Morgan fingerprint density at radius 3 is 2.45 bits per heavy atom. The molecule has 3 nitrogen and oxygen atoms in total. The lowest BCUT2D eigenvalue weighted by molar-refractivity contribution is -0.0125. The van der Waals surface area contributed by atoms with E-state index in [0.29, 0.717) is 11.6 Å². The number of benzene rings is 1. The Morgan fingerprint density at radius 2 is 1.70 bits per heavy atom. The molecule has 108 valence electrons. The first-order chi connectivity index (χ1) is 9.84. The number of carbonyl (C=O) groups excluding carboxylic acids is 1. The molecule has 20 heavy (non-hydrogen) atoms. The van der Waals surface area contributed by atoms with Gasteiger partial charge < -0.3 is 4.74 Å². The second-order valence-corrected chi connectivity index (χ2v) is 5.90. The smallest absolute Gasteiger partial charge is 0.338 e. The lowest BCUT2D eigenvalue weighted by Crippen LogP contribution is -2.46. The Labute approximate surface area is 120 Å². The second kappa shape index (κ2) is 6.40. The highest BCUT2D eigenvalue weighted by Crippen LogP contribution is 2.28. The summed E-state index contributed by atoms with van der Waals surface area (Å²) in [4.78, 5) is 14.8. The average Bonchev–Trinajstić information content (AvgIpc) is 3.03. The second-order valence-electron chi connectivity index (χ2n) is 5.90. The van der Waals surface area contributed by atoms with Gasteiger partial charge in [0.05, 0.1) is 5.56 Å². The van der Waals surface area contributed by atoms with Crippen molar-refractivity contribution in [2.45, 2.75) is 50.7 Å². The van der Waals surface area contributed by atoms with E-state index in [1.54, 1.807) is 0 Å². The molecule has 0 bridgehead atoms. The van der Waals surface area contributed by atoms with Crippen LogP contribution in [0.15, 0.2) is 30.3 Å². The maximum Gasteiger partial charge on any atom is 0.338 e. The van der Waals surface area contributed by atoms with Crippen molar-refractivity contribution < 1.29 is 9.53 Å². The van der Waals surface area contributed by atoms with Gasteiger partial charge in [-0.25, -0.2) is 4.79 Å². The van der Waals surface area contributed by atoms with Crippen LogP contribution in [-0.2, 0) is 4.74 Å². The lowest BCUT2D eigenvalue weighted by atomic mass is 9.91. The number of nitrogens with zero attached hydrogens (tertiary/aromatic N) is 1. The molecule has 0 spiro atoms. The van der Waals surface area contributed by atoms with Crippen LogP contribution in [0, 0.1) is 0 Å². The van der Waals surface area contributed by atoms with Crippen LogP contribution in [0.4, 0.5) is 0 Å². The largest absolute Gasteiger partial charge is 0.457 e. The summed E-state index contributed by atoms with van der Waals surface area (Å²) in [5.74, 6) is -0.165. The Balaban J connectivity index is 1.66. The highest BCUT2D eigenvalue weighted by Gasteiger charge is 2.34. The normalized spacial score (nSPS) is 27.4. The van der Waals surface area contributed by atoms with E-state index >= 15 is 0 Å². The van der Waals surface area contributed by atoms with Crippen molar-refractivity contribution in [3.8, 4) is 0 Å². The molecule has 1 aromatic carbocycles. The van der Waals surface area contributed by atoms with Crippen molar-refractivity contribution in [1.82, 2.24) is 4.90 Å². The number of esters is 1. The predicted octanol–water partition coefficient (Wildman–Crippen LogP) is 3.25. The van der Waals surface area contributed by atoms with E-state index in [2.05, 4.69) is 4.90 Å². The minimum Gasteiger partial charge on any atom is -0.457 e. The van der Waals surface area contributed by atoms with E-state index in [9.17, 15) is 4.79 Å². The summed E-state index contributed by atoms with van der Waals surface area (Å²) in [5, 5.41) is 0. The molecular weight excluding hydrogens is 250 g/mol. The summed E-state index contributed by atoms with van der Waals surface area (Å²) in [6.07, 6.45) is 7.28. The monoisotopic (exact) mass is 273 g/mol. The van der Waals surface area contributed by atoms with Crippen LogP contribution in [0.3, 0.4) is 0 Å². The zero-order chi connectivity index (χ0) is 13.8. The molecule has 1 saturated carbocycles. The van der Waals surface area contributed by atoms with Crippen LogP contribution in [-0.4, -0.2) is 36.1 Å². The van der Waals surface area contributed by atoms with E-state index in [1.165, 1.54) is 45.2 Å². The first-order valence-corrected chi connectivity index (χ1v) is 7.85. The van der Waals surface area contributed by atoms with Gasteiger partial charge in [0.15, 0.2) is 0 Å². The zero-order valence-electron chi connectivity index (χ0n) is 12.0. The Morgan fingerprint density at radius 1 is 1.00 bits per heavy atom. The van der Waals surface area contributed by atoms with Crippen LogP contribution in [0.25, 0.3) is 0 Å². The van der Waals surface area contributed by atoms with Crippen LogP contribution >= 0.6 is 0 Å². The van der Waals surface area contributed by atoms with Gasteiger partial charge in [0.2, 0.25) is 0 Å². The number of carbonyl (C=O) groups is 1. The molecular formula is C17H23NO2. The Bertz CT molecular complexity index is 440. The summed E-state index contributed by atoms with van der Waals surface area (Å²) in [5.41, 5.74) is 0.665. The van der Waals surface area contributed by atoms with Crippen molar-refractivity contribution >= 4 is 5.97 Å². The van der Waals surface area contributed by atoms with Gasteiger partial charge in [-0.15, -0.1) is 0 Å². The number of rotatable bonds is 3. The molecule has 1 aliphatic carbocycles. The van der Waals surface area contributed by atoms with Gasteiger partial charge in [0, 0.05) is 6.04 Å². The van der Waals surface area contributed by atoms with Crippen LogP contribution in [0.5, 0.6) is 0 Å². The van der Waals surface area contributed by atoms with E-state index in [-0.39, 0.29) is 12.1 Å². The molecule has 0 amide bonds. The molecule has 1 saturated heterocycles. The molecule has 3 heteroatoms. The Kier molecular flexibility index (Phi) is 4.36. The average molecular weight is 273 g/mol. The molecule has 0 N–H and O–H groups in total. The summed E-state index contributed by atoms with van der Waals surface area (Å²) in [6, 6.07) is 9.79. The van der Waals surface area contributed by atoms with Gasteiger partial charge in [0.1, 0.15) is 6.10 Å². The molecule has 1 heterocycles. The molecule has 0 radical (unpaired) electrons. The summed E-state index contributed by atoms with van der Waals surface area (Å²) < 4.78 is 5.82. The maximum atomic E-state index is 12.2. The fourth-order valence-corrected chi connectivity index (χ4v) is 3.49. The minimum atomic E-state index is -0.165. The third-order valence-corrected chi connectivity index (χ3v) is 4.55. The fourth-order valence-electron chi connectivity index (χ4n) is 3.49. The van der Waals surface area contributed by atoms with Gasteiger partial charge >= 0.3 is 5.97 Å².